The molecule has 3 rings (SSSR count). The molecule has 0 N–H and O–H groups in total. The van der Waals surface area contributed by atoms with Crippen molar-refractivity contribution in [2.75, 3.05) is 11.9 Å². The van der Waals surface area contributed by atoms with Gasteiger partial charge < -0.3 is 4.90 Å². The molecule has 0 amide bonds. The van der Waals surface area contributed by atoms with Gasteiger partial charge >= 0.3 is 12.7 Å². The van der Waals surface area contributed by atoms with Crippen LogP contribution >= 0.6 is 0 Å². The Labute approximate surface area is 144 Å². The van der Waals surface area contributed by atoms with Crippen molar-refractivity contribution in [1.82, 2.24) is 29.4 Å². The molecule has 3 aromatic rings. The number of hydrogen-bond acceptors (Lipinski definition) is 5. The summed E-state index contributed by atoms with van der Waals surface area (Å²) in [5, 5.41) is 10.7. The van der Waals surface area contributed by atoms with Crippen LogP contribution in [-0.4, -0.2) is 36.4 Å². The number of aryl methyl sites for hydroxylation is 1. The highest BCUT2D eigenvalue weighted by atomic mass is 19.4. The van der Waals surface area contributed by atoms with Gasteiger partial charge in [-0.2, -0.15) is 26.5 Å². The minimum absolute atomic E-state index is 0.0129. The molecule has 0 atom stereocenters. The first-order chi connectivity index (χ1) is 12.1. The van der Waals surface area contributed by atoms with E-state index in [1.807, 2.05) is 0 Å². The van der Waals surface area contributed by atoms with Gasteiger partial charge in [-0.3, -0.25) is 4.57 Å². The Morgan fingerprint density at radius 1 is 1.15 bits per heavy atom. The summed E-state index contributed by atoms with van der Waals surface area (Å²) < 4.78 is 66.5. The molecule has 7 nitrogen and oxygen atoms in total. The fraction of sp³-hybridized carbons (Fsp3) is 0.429. The van der Waals surface area contributed by atoms with E-state index in [9.17, 15) is 22.0 Å². The quantitative estimate of drug-likeness (QED) is 0.656. The molecule has 0 saturated heterocycles. The summed E-state index contributed by atoms with van der Waals surface area (Å²) in [5.74, 6) is -1.01. The lowest BCUT2D eigenvalue weighted by molar-refractivity contribution is -0.146. The third-order valence-electron chi connectivity index (χ3n) is 4.02. The molecule has 0 aliphatic carbocycles. The highest BCUT2D eigenvalue weighted by Crippen LogP contribution is 2.30. The number of hydrogen-bond donors (Lipinski definition) is 0. The largest absolute Gasteiger partial charge is 0.453 e. The molecular weight excluding hydrogens is 361 g/mol. The van der Waals surface area contributed by atoms with E-state index in [1.54, 1.807) is 13.8 Å². The first-order valence-electron chi connectivity index (χ1n) is 7.42. The van der Waals surface area contributed by atoms with Gasteiger partial charge in [-0.25, -0.2) is 4.98 Å². The number of alkyl halides is 5. The Morgan fingerprint density at radius 2 is 1.85 bits per heavy atom. The Morgan fingerprint density at radius 3 is 2.46 bits per heavy atom. The smallest absolute Gasteiger partial charge is 0.351 e. The molecular formula is C14H14F5N7. The number of rotatable bonds is 4. The molecule has 12 heteroatoms. The van der Waals surface area contributed by atoms with Gasteiger partial charge in [-0.15, -0.1) is 15.3 Å². The highest BCUT2D eigenvalue weighted by molar-refractivity contribution is 5.59. The second kappa shape index (κ2) is 6.18. The van der Waals surface area contributed by atoms with Crippen LogP contribution in [0.4, 0.5) is 27.8 Å². The predicted octanol–water partition coefficient (Wildman–Crippen LogP) is 2.99. The molecule has 0 aromatic carbocycles. The minimum atomic E-state index is -4.73. The predicted molar refractivity (Wildman–Crippen MR) is 80.8 cm³/mol. The van der Waals surface area contributed by atoms with Crippen molar-refractivity contribution < 1.29 is 22.0 Å². The lowest BCUT2D eigenvalue weighted by atomic mass is 10.2. The van der Waals surface area contributed by atoms with Crippen LogP contribution in [0.15, 0.2) is 12.4 Å². The number of halogens is 5. The molecule has 0 spiro atoms. The zero-order valence-electron chi connectivity index (χ0n) is 14.0. The van der Waals surface area contributed by atoms with Gasteiger partial charge in [-0.1, -0.05) is 0 Å². The van der Waals surface area contributed by atoms with Crippen molar-refractivity contribution in [3.05, 3.63) is 35.2 Å². The van der Waals surface area contributed by atoms with E-state index in [0.717, 1.165) is 6.20 Å². The normalized spacial score (nSPS) is 12.3. The maximum atomic E-state index is 13.1. The van der Waals surface area contributed by atoms with Gasteiger partial charge in [0.25, 0.3) is 5.82 Å². The van der Waals surface area contributed by atoms with E-state index in [0.29, 0.717) is 20.2 Å². The highest BCUT2D eigenvalue weighted by Gasteiger charge is 2.38. The first kappa shape index (κ1) is 18.0. The molecule has 3 heterocycles. The van der Waals surface area contributed by atoms with Crippen molar-refractivity contribution in [2.45, 2.75) is 33.1 Å². The van der Waals surface area contributed by atoms with Crippen molar-refractivity contribution in [3.8, 4) is 0 Å². The van der Waals surface area contributed by atoms with Crippen molar-refractivity contribution in [2.24, 2.45) is 0 Å². The average Bonchev–Trinajstić information content (AvgIpc) is 3.16. The van der Waals surface area contributed by atoms with Crippen LogP contribution in [0.5, 0.6) is 0 Å². The maximum absolute atomic E-state index is 13.1. The van der Waals surface area contributed by atoms with E-state index in [2.05, 4.69) is 20.3 Å². The van der Waals surface area contributed by atoms with Crippen LogP contribution in [0.2, 0.25) is 0 Å². The molecule has 3 aromatic heterocycles. The fourth-order valence-electron chi connectivity index (χ4n) is 2.58. The molecule has 0 radical (unpaired) electrons. The maximum Gasteiger partial charge on any atom is 0.453 e. The van der Waals surface area contributed by atoms with E-state index < -0.39 is 18.6 Å². The van der Waals surface area contributed by atoms with Gasteiger partial charge in [0.05, 0.1) is 6.54 Å². The first-order valence-corrected chi connectivity index (χ1v) is 7.42. The fourth-order valence-corrected chi connectivity index (χ4v) is 2.58. The molecule has 0 unspecified atom stereocenters. The molecule has 26 heavy (non-hydrogen) atoms. The third kappa shape index (κ3) is 2.95. The summed E-state index contributed by atoms with van der Waals surface area (Å²) in [6, 6.07) is 0. The van der Waals surface area contributed by atoms with Gasteiger partial charge in [0.15, 0.2) is 11.5 Å². The summed E-state index contributed by atoms with van der Waals surface area (Å²) in [5.41, 5.74) is 1.01. The molecule has 0 aliphatic heterocycles. The SMILES string of the molecule is Cc1c(N(C)Cc2nccn2C(F)F)nn2c(C(F)(F)F)nnc2c1C. The number of imidazole rings is 1. The van der Waals surface area contributed by atoms with Crippen LogP contribution in [-0.2, 0) is 12.7 Å². The Balaban J connectivity index is 2.06. The Bertz CT molecular complexity index is 943. The standard InChI is InChI=1S/C14H14F5N7/c1-7-8(2)11(23-26-10(7)21-22-12(26)14(17,18)19)24(3)6-9-20-4-5-25(9)13(15)16/h4-5,13H,6H2,1-3H3. The van der Waals surface area contributed by atoms with Crippen LogP contribution in [0.3, 0.4) is 0 Å². The average molecular weight is 375 g/mol. The molecule has 0 saturated carbocycles. The van der Waals surface area contributed by atoms with Crippen molar-refractivity contribution in [1.29, 1.82) is 0 Å². The number of fused-ring (bicyclic) bond motifs is 1. The zero-order chi connectivity index (χ0) is 19.2. The second-order valence-corrected chi connectivity index (χ2v) is 5.71. The summed E-state index contributed by atoms with van der Waals surface area (Å²) >= 11 is 0. The second-order valence-electron chi connectivity index (χ2n) is 5.71. The lowest BCUT2D eigenvalue weighted by Gasteiger charge is -2.21. The number of nitrogens with zero attached hydrogens (tertiary/aromatic N) is 7. The molecule has 0 fully saturated rings. The van der Waals surface area contributed by atoms with Crippen molar-refractivity contribution >= 4 is 11.5 Å². The molecule has 140 valence electrons. The van der Waals surface area contributed by atoms with Gasteiger partial charge in [0, 0.05) is 30.6 Å². The monoisotopic (exact) mass is 375 g/mol. The Kier molecular flexibility index (Phi) is 4.28. The van der Waals surface area contributed by atoms with Crippen LogP contribution < -0.4 is 4.90 Å². The van der Waals surface area contributed by atoms with E-state index in [-0.39, 0.29) is 23.8 Å². The van der Waals surface area contributed by atoms with Gasteiger partial charge in [-0.05, 0) is 13.8 Å². The van der Waals surface area contributed by atoms with Gasteiger partial charge in [0.2, 0.25) is 0 Å². The zero-order valence-corrected chi connectivity index (χ0v) is 14.0. The molecule has 0 bridgehead atoms. The van der Waals surface area contributed by atoms with E-state index in [1.165, 1.54) is 18.1 Å². The van der Waals surface area contributed by atoms with E-state index >= 15 is 0 Å². The summed E-state index contributed by atoms with van der Waals surface area (Å²) in [4.78, 5) is 5.31. The summed E-state index contributed by atoms with van der Waals surface area (Å²) in [6.07, 6.45) is -2.37. The van der Waals surface area contributed by atoms with E-state index in [4.69, 9.17) is 0 Å². The van der Waals surface area contributed by atoms with Crippen molar-refractivity contribution in [3.63, 3.8) is 0 Å². The minimum Gasteiger partial charge on any atom is -0.351 e. The number of aromatic nitrogens is 6. The third-order valence-corrected chi connectivity index (χ3v) is 4.02. The summed E-state index contributed by atoms with van der Waals surface area (Å²) in [6.45, 7) is 0.419. The summed E-state index contributed by atoms with van der Waals surface area (Å²) in [7, 11) is 1.53. The van der Waals surface area contributed by atoms with Gasteiger partial charge in [0.1, 0.15) is 5.82 Å². The van der Waals surface area contributed by atoms with Crippen LogP contribution in [0.25, 0.3) is 5.65 Å². The van der Waals surface area contributed by atoms with Crippen LogP contribution in [0, 0.1) is 13.8 Å². The topological polar surface area (TPSA) is 64.1 Å². The Hall–Kier alpha value is -2.79. The van der Waals surface area contributed by atoms with Crippen LogP contribution in [0.1, 0.15) is 29.3 Å². The number of anilines is 1. The lowest BCUT2D eigenvalue weighted by Crippen LogP contribution is -2.24. The molecule has 0 aliphatic rings.